The van der Waals surface area contributed by atoms with Crippen molar-refractivity contribution in [3.05, 3.63) is 59.7 Å². The summed E-state index contributed by atoms with van der Waals surface area (Å²) < 4.78 is 0. The van der Waals surface area contributed by atoms with Gasteiger partial charge in [-0.25, -0.2) is 0 Å². The zero-order valence-electron chi connectivity index (χ0n) is 12.8. The number of aryl methyl sites for hydroxylation is 1. The molecular formula is C19H25N. The van der Waals surface area contributed by atoms with Crippen molar-refractivity contribution < 1.29 is 0 Å². The Balaban J connectivity index is 2.05. The highest BCUT2D eigenvalue weighted by atomic mass is 14.9. The first-order valence-electron chi connectivity index (χ1n) is 7.60. The van der Waals surface area contributed by atoms with Crippen LogP contribution in [-0.2, 0) is 13.0 Å². The van der Waals surface area contributed by atoms with Gasteiger partial charge in [-0.1, -0.05) is 75.7 Å². The van der Waals surface area contributed by atoms with Crippen molar-refractivity contribution in [2.45, 2.75) is 46.2 Å². The maximum atomic E-state index is 3.44. The fraction of sp³-hybridized carbons (Fsp3) is 0.368. The van der Waals surface area contributed by atoms with Gasteiger partial charge in [0.25, 0.3) is 0 Å². The monoisotopic (exact) mass is 267 g/mol. The summed E-state index contributed by atoms with van der Waals surface area (Å²) in [6.07, 6.45) is 2.37. The first kappa shape index (κ1) is 14.8. The maximum absolute atomic E-state index is 3.44. The van der Waals surface area contributed by atoms with Gasteiger partial charge in [-0.3, -0.25) is 0 Å². The van der Waals surface area contributed by atoms with Crippen LogP contribution in [0.5, 0.6) is 0 Å². The lowest BCUT2D eigenvalue weighted by atomic mass is 10.0. The number of rotatable bonds is 6. The smallest absolute Gasteiger partial charge is 0.0207 e. The third-order valence-electron chi connectivity index (χ3n) is 3.49. The lowest BCUT2D eigenvalue weighted by molar-refractivity contribution is 0.589. The first-order valence-corrected chi connectivity index (χ1v) is 7.60. The van der Waals surface area contributed by atoms with Gasteiger partial charge in [0, 0.05) is 12.6 Å². The molecule has 0 unspecified atom stereocenters. The van der Waals surface area contributed by atoms with Crippen molar-refractivity contribution in [3.63, 3.8) is 0 Å². The van der Waals surface area contributed by atoms with E-state index in [1.807, 2.05) is 0 Å². The molecule has 0 aliphatic carbocycles. The molecule has 0 saturated heterocycles. The van der Waals surface area contributed by atoms with Gasteiger partial charge in [-0.2, -0.15) is 0 Å². The van der Waals surface area contributed by atoms with Gasteiger partial charge in [-0.05, 0) is 28.7 Å². The van der Waals surface area contributed by atoms with E-state index in [-0.39, 0.29) is 0 Å². The predicted octanol–water partition coefficient (Wildman–Crippen LogP) is 4.80. The summed E-state index contributed by atoms with van der Waals surface area (Å²) in [6.45, 7) is 7.50. The second-order valence-electron chi connectivity index (χ2n) is 5.68. The summed E-state index contributed by atoms with van der Waals surface area (Å²) in [5.41, 5.74) is 5.36. The van der Waals surface area contributed by atoms with E-state index < -0.39 is 0 Å². The average Bonchev–Trinajstić information content (AvgIpc) is 2.47. The molecule has 0 spiro atoms. The summed E-state index contributed by atoms with van der Waals surface area (Å²) in [5.74, 6) is 0. The van der Waals surface area contributed by atoms with Crippen LogP contribution in [0.3, 0.4) is 0 Å². The maximum Gasteiger partial charge on any atom is 0.0207 e. The molecule has 0 saturated carbocycles. The minimum atomic E-state index is 0.529. The number of hydrogen-bond acceptors (Lipinski definition) is 1. The van der Waals surface area contributed by atoms with Crippen LogP contribution in [-0.4, -0.2) is 6.04 Å². The average molecular weight is 267 g/mol. The Kier molecular flexibility index (Phi) is 5.37. The fourth-order valence-electron chi connectivity index (χ4n) is 2.29. The van der Waals surface area contributed by atoms with E-state index in [4.69, 9.17) is 0 Å². The molecule has 0 aromatic heterocycles. The Morgan fingerprint density at radius 1 is 0.800 bits per heavy atom. The zero-order valence-corrected chi connectivity index (χ0v) is 12.8. The highest BCUT2D eigenvalue weighted by molar-refractivity contribution is 5.63. The van der Waals surface area contributed by atoms with Crippen LogP contribution in [0.15, 0.2) is 48.5 Å². The fourth-order valence-corrected chi connectivity index (χ4v) is 2.29. The Labute approximate surface area is 123 Å². The molecule has 1 heteroatoms. The zero-order chi connectivity index (χ0) is 14.4. The SMILES string of the molecule is CCCc1ccc(-c2ccc(CNC(C)C)cc2)cc1. The van der Waals surface area contributed by atoms with E-state index in [0.29, 0.717) is 6.04 Å². The van der Waals surface area contributed by atoms with Gasteiger partial charge in [0.1, 0.15) is 0 Å². The molecule has 0 atom stereocenters. The second kappa shape index (κ2) is 7.25. The molecule has 0 bridgehead atoms. The third kappa shape index (κ3) is 4.21. The Morgan fingerprint density at radius 2 is 1.30 bits per heavy atom. The molecule has 2 aromatic carbocycles. The quantitative estimate of drug-likeness (QED) is 0.792. The van der Waals surface area contributed by atoms with E-state index in [1.165, 1.54) is 35.1 Å². The van der Waals surface area contributed by atoms with Gasteiger partial charge in [0.15, 0.2) is 0 Å². The standard InChI is InChI=1S/C19H25N/c1-4-5-16-6-10-18(11-7-16)19-12-8-17(9-13-19)14-20-15(2)3/h6-13,15,20H,4-5,14H2,1-3H3. The highest BCUT2D eigenvalue weighted by Crippen LogP contribution is 2.20. The van der Waals surface area contributed by atoms with E-state index >= 15 is 0 Å². The minimum absolute atomic E-state index is 0.529. The summed E-state index contributed by atoms with van der Waals surface area (Å²) in [4.78, 5) is 0. The summed E-state index contributed by atoms with van der Waals surface area (Å²) >= 11 is 0. The van der Waals surface area contributed by atoms with Crippen molar-refractivity contribution >= 4 is 0 Å². The molecule has 0 fully saturated rings. The molecule has 0 aliphatic rings. The Hall–Kier alpha value is -1.60. The molecule has 1 N–H and O–H groups in total. The van der Waals surface area contributed by atoms with Crippen molar-refractivity contribution in [2.75, 3.05) is 0 Å². The van der Waals surface area contributed by atoms with Crippen LogP contribution in [0.25, 0.3) is 11.1 Å². The molecule has 2 rings (SSSR count). The molecule has 0 aliphatic heterocycles. The molecular weight excluding hydrogens is 242 g/mol. The second-order valence-corrected chi connectivity index (χ2v) is 5.68. The molecule has 0 amide bonds. The topological polar surface area (TPSA) is 12.0 Å². The lowest BCUT2D eigenvalue weighted by Crippen LogP contribution is -2.21. The van der Waals surface area contributed by atoms with Crippen LogP contribution < -0.4 is 5.32 Å². The number of nitrogens with one attached hydrogen (secondary N) is 1. The van der Waals surface area contributed by atoms with Crippen LogP contribution >= 0.6 is 0 Å². The Morgan fingerprint density at radius 3 is 1.75 bits per heavy atom. The van der Waals surface area contributed by atoms with Gasteiger partial charge >= 0.3 is 0 Å². The molecule has 1 nitrogen and oxygen atoms in total. The van der Waals surface area contributed by atoms with Crippen molar-refractivity contribution in [1.29, 1.82) is 0 Å². The summed E-state index contributed by atoms with van der Waals surface area (Å²) in [7, 11) is 0. The largest absolute Gasteiger partial charge is 0.310 e. The van der Waals surface area contributed by atoms with Crippen LogP contribution in [0, 0.1) is 0 Å². The number of benzene rings is 2. The minimum Gasteiger partial charge on any atom is -0.310 e. The van der Waals surface area contributed by atoms with Crippen LogP contribution in [0.1, 0.15) is 38.3 Å². The van der Waals surface area contributed by atoms with Crippen LogP contribution in [0.4, 0.5) is 0 Å². The lowest BCUT2D eigenvalue weighted by Gasteiger charge is -2.09. The van der Waals surface area contributed by atoms with Gasteiger partial charge in [-0.15, -0.1) is 0 Å². The van der Waals surface area contributed by atoms with Crippen LogP contribution in [0.2, 0.25) is 0 Å². The first-order chi connectivity index (χ1) is 9.69. The highest BCUT2D eigenvalue weighted by Gasteiger charge is 2.00. The van der Waals surface area contributed by atoms with Gasteiger partial charge in [0.05, 0.1) is 0 Å². The van der Waals surface area contributed by atoms with Crippen molar-refractivity contribution in [2.24, 2.45) is 0 Å². The summed E-state index contributed by atoms with van der Waals surface area (Å²) in [6, 6.07) is 18.3. The molecule has 0 radical (unpaired) electrons. The number of hydrogen-bond donors (Lipinski definition) is 1. The van der Waals surface area contributed by atoms with Crippen molar-refractivity contribution in [1.82, 2.24) is 5.32 Å². The molecule has 20 heavy (non-hydrogen) atoms. The van der Waals surface area contributed by atoms with Gasteiger partial charge in [0.2, 0.25) is 0 Å². The van der Waals surface area contributed by atoms with Crippen molar-refractivity contribution in [3.8, 4) is 11.1 Å². The predicted molar refractivity (Wildman–Crippen MR) is 87.8 cm³/mol. The molecule has 106 valence electrons. The Bertz CT molecular complexity index is 508. The van der Waals surface area contributed by atoms with Gasteiger partial charge < -0.3 is 5.32 Å². The third-order valence-corrected chi connectivity index (χ3v) is 3.49. The normalized spacial score (nSPS) is 11.0. The molecule has 0 heterocycles. The van der Waals surface area contributed by atoms with E-state index in [9.17, 15) is 0 Å². The molecule has 2 aromatic rings. The van der Waals surface area contributed by atoms with E-state index in [1.54, 1.807) is 0 Å². The summed E-state index contributed by atoms with van der Waals surface area (Å²) in [5, 5.41) is 3.44. The van der Waals surface area contributed by atoms with E-state index in [0.717, 1.165) is 6.54 Å². The van der Waals surface area contributed by atoms with E-state index in [2.05, 4.69) is 74.6 Å².